The molecule has 0 spiro atoms. The van der Waals surface area contributed by atoms with E-state index in [2.05, 4.69) is 20.4 Å². The first kappa shape index (κ1) is 12.8. The van der Waals surface area contributed by atoms with Gasteiger partial charge >= 0.3 is 0 Å². The summed E-state index contributed by atoms with van der Waals surface area (Å²) >= 11 is 1.67. The molecule has 1 aliphatic rings. The van der Waals surface area contributed by atoms with E-state index in [1.54, 1.807) is 11.3 Å². The lowest BCUT2D eigenvalue weighted by atomic mass is 10.2. The molecule has 0 aromatic carbocycles. The summed E-state index contributed by atoms with van der Waals surface area (Å²) in [5.41, 5.74) is 2.04. The Hall–Kier alpha value is -1.24. The third-order valence-electron chi connectivity index (χ3n) is 3.13. The van der Waals surface area contributed by atoms with Crippen LogP contribution in [0.15, 0.2) is 16.0 Å². The standard InChI is InChI=1S/C13H17N3O2S/c1-9-8-19-13(14-9)12-7-16(3-4-17-12)6-11-5-10(2)18-15-11/h5,8,12H,3-4,6-7H2,1-2H3. The predicted molar refractivity (Wildman–Crippen MR) is 72.1 cm³/mol. The molecule has 102 valence electrons. The number of aromatic nitrogens is 2. The Morgan fingerprint density at radius 1 is 1.47 bits per heavy atom. The third kappa shape index (κ3) is 3.02. The van der Waals surface area contributed by atoms with E-state index >= 15 is 0 Å². The molecule has 19 heavy (non-hydrogen) atoms. The van der Waals surface area contributed by atoms with Crippen molar-refractivity contribution in [2.75, 3.05) is 19.7 Å². The first-order valence-corrected chi connectivity index (χ1v) is 7.27. The summed E-state index contributed by atoms with van der Waals surface area (Å²) in [4.78, 5) is 6.85. The fraction of sp³-hybridized carbons (Fsp3) is 0.538. The van der Waals surface area contributed by atoms with E-state index in [1.165, 1.54) is 0 Å². The van der Waals surface area contributed by atoms with Gasteiger partial charge in [-0.1, -0.05) is 5.16 Å². The topological polar surface area (TPSA) is 51.4 Å². The molecular weight excluding hydrogens is 262 g/mol. The molecular formula is C13H17N3O2S. The van der Waals surface area contributed by atoms with Crippen LogP contribution < -0.4 is 0 Å². The third-order valence-corrected chi connectivity index (χ3v) is 4.18. The lowest BCUT2D eigenvalue weighted by Gasteiger charge is -2.31. The average molecular weight is 279 g/mol. The van der Waals surface area contributed by atoms with E-state index in [0.29, 0.717) is 0 Å². The van der Waals surface area contributed by atoms with Gasteiger partial charge in [0.2, 0.25) is 0 Å². The molecule has 1 unspecified atom stereocenters. The van der Waals surface area contributed by atoms with Crippen molar-refractivity contribution in [1.82, 2.24) is 15.0 Å². The van der Waals surface area contributed by atoms with Crippen LogP contribution in [0, 0.1) is 13.8 Å². The van der Waals surface area contributed by atoms with E-state index in [-0.39, 0.29) is 6.10 Å². The highest BCUT2D eigenvalue weighted by atomic mass is 32.1. The number of thiazole rings is 1. The summed E-state index contributed by atoms with van der Waals surface area (Å²) in [6.07, 6.45) is 0.0837. The van der Waals surface area contributed by atoms with Gasteiger partial charge in [0.05, 0.1) is 12.3 Å². The maximum Gasteiger partial charge on any atom is 0.133 e. The molecule has 1 fully saturated rings. The van der Waals surface area contributed by atoms with Crippen molar-refractivity contribution < 1.29 is 9.26 Å². The van der Waals surface area contributed by atoms with Gasteiger partial charge in [0.1, 0.15) is 16.9 Å². The Kier molecular flexibility index (Phi) is 3.63. The maximum atomic E-state index is 5.81. The molecule has 5 nitrogen and oxygen atoms in total. The second-order valence-electron chi connectivity index (χ2n) is 4.85. The highest BCUT2D eigenvalue weighted by Gasteiger charge is 2.24. The Morgan fingerprint density at radius 2 is 2.37 bits per heavy atom. The number of rotatable bonds is 3. The summed E-state index contributed by atoms with van der Waals surface area (Å²) in [6, 6.07) is 1.98. The van der Waals surface area contributed by atoms with Crippen LogP contribution in [0.25, 0.3) is 0 Å². The van der Waals surface area contributed by atoms with Crippen molar-refractivity contribution >= 4 is 11.3 Å². The van der Waals surface area contributed by atoms with E-state index in [1.807, 2.05) is 19.9 Å². The normalized spacial score (nSPS) is 20.8. The van der Waals surface area contributed by atoms with Gasteiger partial charge in [0.15, 0.2) is 0 Å². The Bertz CT molecular complexity index is 552. The summed E-state index contributed by atoms with van der Waals surface area (Å²) in [6.45, 7) is 7.25. The monoisotopic (exact) mass is 279 g/mol. The lowest BCUT2D eigenvalue weighted by Crippen LogP contribution is -2.37. The van der Waals surface area contributed by atoms with E-state index in [4.69, 9.17) is 9.26 Å². The minimum absolute atomic E-state index is 0.0837. The number of ether oxygens (including phenoxy) is 1. The van der Waals surface area contributed by atoms with Gasteiger partial charge in [-0.3, -0.25) is 4.90 Å². The fourth-order valence-electron chi connectivity index (χ4n) is 2.24. The molecule has 1 aliphatic heterocycles. The highest BCUT2D eigenvalue weighted by Crippen LogP contribution is 2.25. The van der Waals surface area contributed by atoms with Crippen LogP contribution in [0.1, 0.15) is 28.3 Å². The van der Waals surface area contributed by atoms with Crippen LogP contribution in [0.2, 0.25) is 0 Å². The zero-order valence-corrected chi connectivity index (χ0v) is 11.9. The Labute approximate surface area is 116 Å². The van der Waals surface area contributed by atoms with Gasteiger partial charge in [-0.2, -0.15) is 0 Å². The van der Waals surface area contributed by atoms with Crippen molar-refractivity contribution in [1.29, 1.82) is 0 Å². The van der Waals surface area contributed by atoms with Gasteiger partial charge in [-0.25, -0.2) is 4.98 Å². The highest BCUT2D eigenvalue weighted by molar-refractivity contribution is 7.09. The average Bonchev–Trinajstić information content (AvgIpc) is 2.99. The molecule has 0 N–H and O–H groups in total. The molecule has 3 heterocycles. The molecule has 2 aromatic rings. The molecule has 3 rings (SSSR count). The van der Waals surface area contributed by atoms with Crippen LogP contribution in [0.3, 0.4) is 0 Å². The molecule has 0 saturated carbocycles. The summed E-state index contributed by atoms with van der Waals surface area (Å²) in [7, 11) is 0. The number of hydrogen-bond donors (Lipinski definition) is 0. The van der Waals surface area contributed by atoms with Crippen molar-refractivity contribution in [2.45, 2.75) is 26.5 Å². The van der Waals surface area contributed by atoms with E-state index in [9.17, 15) is 0 Å². The first-order valence-electron chi connectivity index (χ1n) is 6.39. The van der Waals surface area contributed by atoms with Gasteiger partial charge in [-0.15, -0.1) is 11.3 Å². The zero-order valence-electron chi connectivity index (χ0n) is 11.1. The van der Waals surface area contributed by atoms with Crippen molar-refractivity contribution in [3.8, 4) is 0 Å². The smallest absolute Gasteiger partial charge is 0.133 e. The van der Waals surface area contributed by atoms with Crippen molar-refractivity contribution in [2.24, 2.45) is 0 Å². The molecule has 1 saturated heterocycles. The number of nitrogens with zero attached hydrogens (tertiary/aromatic N) is 3. The van der Waals surface area contributed by atoms with Gasteiger partial charge in [-0.05, 0) is 13.8 Å². The van der Waals surface area contributed by atoms with Gasteiger partial charge in [0, 0.05) is 36.8 Å². The lowest BCUT2D eigenvalue weighted by molar-refractivity contribution is -0.0336. The second kappa shape index (κ2) is 5.40. The van der Waals surface area contributed by atoms with Crippen LogP contribution in [0.5, 0.6) is 0 Å². The minimum atomic E-state index is 0.0837. The zero-order chi connectivity index (χ0) is 13.2. The van der Waals surface area contributed by atoms with Gasteiger partial charge < -0.3 is 9.26 Å². The SMILES string of the molecule is Cc1csc(C2CN(Cc3cc(C)on3)CCO2)n1. The molecule has 0 aliphatic carbocycles. The van der Waals surface area contributed by atoms with Crippen LogP contribution in [-0.4, -0.2) is 34.7 Å². The van der Waals surface area contributed by atoms with Crippen LogP contribution >= 0.6 is 11.3 Å². The molecule has 6 heteroatoms. The molecule has 0 amide bonds. The Morgan fingerprint density at radius 3 is 3.05 bits per heavy atom. The predicted octanol–water partition coefficient (Wildman–Crippen LogP) is 2.32. The molecule has 2 aromatic heterocycles. The number of aryl methyl sites for hydroxylation is 2. The molecule has 0 bridgehead atoms. The van der Waals surface area contributed by atoms with E-state index < -0.39 is 0 Å². The quantitative estimate of drug-likeness (QED) is 0.863. The minimum Gasteiger partial charge on any atom is -0.368 e. The Balaban J connectivity index is 1.64. The van der Waals surface area contributed by atoms with Crippen LogP contribution in [-0.2, 0) is 11.3 Å². The summed E-state index contributed by atoms with van der Waals surface area (Å²) < 4.78 is 10.9. The summed E-state index contributed by atoms with van der Waals surface area (Å²) in [5.74, 6) is 0.857. The van der Waals surface area contributed by atoms with E-state index in [0.717, 1.165) is 48.4 Å². The van der Waals surface area contributed by atoms with Crippen LogP contribution in [0.4, 0.5) is 0 Å². The molecule has 1 atom stereocenters. The maximum absolute atomic E-state index is 5.81. The van der Waals surface area contributed by atoms with Gasteiger partial charge in [0.25, 0.3) is 0 Å². The van der Waals surface area contributed by atoms with Crippen molar-refractivity contribution in [3.05, 3.63) is 33.6 Å². The molecule has 0 radical (unpaired) electrons. The summed E-state index contributed by atoms with van der Waals surface area (Å²) in [5, 5.41) is 7.18. The first-order chi connectivity index (χ1) is 9.20. The fourth-order valence-corrected chi connectivity index (χ4v) is 3.07. The number of morpholine rings is 1. The van der Waals surface area contributed by atoms with Crippen molar-refractivity contribution in [3.63, 3.8) is 0 Å². The number of hydrogen-bond acceptors (Lipinski definition) is 6. The largest absolute Gasteiger partial charge is 0.368 e. The second-order valence-corrected chi connectivity index (χ2v) is 5.74.